The summed E-state index contributed by atoms with van der Waals surface area (Å²) in [5.74, 6) is 1.19. The molecule has 0 unspecified atom stereocenters. The minimum atomic E-state index is -0.460. The number of nitrogens with zero attached hydrogens (tertiary/aromatic N) is 2. The van der Waals surface area contributed by atoms with Crippen LogP contribution in [0.4, 0.5) is 0 Å². The minimum absolute atomic E-state index is 0.112. The first-order valence-corrected chi connectivity index (χ1v) is 7.37. The Hall–Kier alpha value is -0.840. The van der Waals surface area contributed by atoms with Crippen LogP contribution in [0.1, 0.15) is 18.0 Å². The van der Waals surface area contributed by atoms with Gasteiger partial charge in [-0.15, -0.1) is 11.6 Å². The minimum Gasteiger partial charge on any atom is -0.391 e. The van der Waals surface area contributed by atoms with E-state index in [9.17, 15) is 9.90 Å². The Morgan fingerprint density at radius 1 is 1.37 bits per heavy atom. The number of β-amino-alcohol motifs (C(OH)–C–C–N with tert-alkyl or cyclic N) is 1. The van der Waals surface area contributed by atoms with Crippen molar-refractivity contribution < 1.29 is 5.11 Å². The van der Waals surface area contributed by atoms with E-state index in [1.54, 1.807) is 6.07 Å². The van der Waals surface area contributed by atoms with Gasteiger partial charge >= 0.3 is 0 Å². The molecule has 0 spiro atoms. The first-order valence-electron chi connectivity index (χ1n) is 6.83. The second kappa shape index (κ2) is 5.27. The van der Waals surface area contributed by atoms with E-state index < -0.39 is 6.10 Å². The molecule has 1 saturated heterocycles. The highest BCUT2D eigenvalue weighted by Crippen LogP contribution is 2.34. The Morgan fingerprint density at radius 3 is 3.00 bits per heavy atom. The molecule has 3 rings (SSSR count). The quantitative estimate of drug-likeness (QED) is 0.837. The van der Waals surface area contributed by atoms with Crippen molar-refractivity contribution in [3.63, 3.8) is 0 Å². The summed E-state index contributed by atoms with van der Waals surface area (Å²) >= 11 is 5.67. The van der Waals surface area contributed by atoms with E-state index in [2.05, 4.69) is 11.0 Å². The summed E-state index contributed by atoms with van der Waals surface area (Å²) in [6.07, 6.45) is 0.690. The largest absolute Gasteiger partial charge is 0.391 e. The lowest BCUT2D eigenvalue weighted by atomic mass is 9.83. The zero-order chi connectivity index (χ0) is 13.4. The number of likely N-dealkylation sites (tertiary alicyclic amines) is 1. The third kappa shape index (κ3) is 2.57. The number of pyridine rings is 1. The van der Waals surface area contributed by atoms with Gasteiger partial charge in [0, 0.05) is 49.7 Å². The van der Waals surface area contributed by atoms with Gasteiger partial charge in [-0.05, 0) is 18.4 Å². The van der Waals surface area contributed by atoms with Crippen LogP contribution in [0.3, 0.4) is 0 Å². The van der Waals surface area contributed by atoms with Crippen molar-refractivity contribution in [3.8, 4) is 0 Å². The Morgan fingerprint density at radius 2 is 2.21 bits per heavy atom. The molecule has 0 saturated carbocycles. The number of hydrogen-bond donors (Lipinski definition) is 1. The van der Waals surface area contributed by atoms with Crippen molar-refractivity contribution in [3.05, 3.63) is 34.2 Å². The highest BCUT2D eigenvalue weighted by atomic mass is 35.5. The molecule has 0 aromatic carbocycles. The predicted molar refractivity (Wildman–Crippen MR) is 74.7 cm³/mol. The number of fused-ring (bicyclic) bond motifs is 4. The average Bonchev–Trinajstić information content (AvgIpc) is 2.40. The summed E-state index contributed by atoms with van der Waals surface area (Å²) in [7, 11) is 0. The molecule has 0 amide bonds. The van der Waals surface area contributed by atoms with Gasteiger partial charge in [-0.3, -0.25) is 9.69 Å². The van der Waals surface area contributed by atoms with Crippen LogP contribution in [0.25, 0.3) is 0 Å². The summed E-state index contributed by atoms with van der Waals surface area (Å²) in [5, 5.41) is 9.68. The van der Waals surface area contributed by atoms with Gasteiger partial charge in [0.05, 0.1) is 6.10 Å². The van der Waals surface area contributed by atoms with Crippen LogP contribution in [0.15, 0.2) is 23.0 Å². The van der Waals surface area contributed by atoms with E-state index >= 15 is 0 Å². The number of alkyl halides is 1. The summed E-state index contributed by atoms with van der Waals surface area (Å²) in [5.41, 5.74) is 1.26. The normalized spacial score (nSPS) is 27.9. The predicted octanol–water partition coefficient (Wildman–Crippen LogP) is 0.867. The second-order valence-electron chi connectivity index (χ2n) is 5.72. The average molecular weight is 283 g/mol. The standard InChI is InChI=1S/C14H19ClN2O2/c15-5-12(18)9-16-6-10-4-11(8-16)13-2-1-3-14(19)17(13)7-10/h1-3,10-12,18H,4-9H2/t10-,11+,12+/m1/s1. The topological polar surface area (TPSA) is 45.5 Å². The molecule has 1 N–H and O–H groups in total. The van der Waals surface area contributed by atoms with Crippen molar-refractivity contribution in [1.82, 2.24) is 9.47 Å². The molecule has 2 bridgehead atoms. The first-order chi connectivity index (χ1) is 9.17. The maximum absolute atomic E-state index is 11.9. The van der Waals surface area contributed by atoms with E-state index in [1.807, 2.05) is 10.6 Å². The van der Waals surface area contributed by atoms with Crippen molar-refractivity contribution >= 4 is 11.6 Å². The fourth-order valence-electron chi connectivity index (χ4n) is 3.49. The Balaban J connectivity index is 1.82. The van der Waals surface area contributed by atoms with Gasteiger partial charge in [-0.1, -0.05) is 6.07 Å². The van der Waals surface area contributed by atoms with Gasteiger partial charge < -0.3 is 9.67 Å². The maximum Gasteiger partial charge on any atom is 0.250 e. The molecule has 4 nitrogen and oxygen atoms in total. The molecule has 0 aliphatic carbocycles. The molecule has 104 valence electrons. The maximum atomic E-state index is 11.9. The number of rotatable bonds is 3. The van der Waals surface area contributed by atoms with Crippen molar-refractivity contribution in [2.24, 2.45) is 5.92 Å². The van der Waals surface area contributed by atoms with Crippen LogP contribution in [0, 0.1) is 5.92 Å². The summed E-state index contributed by atoms with van der Waals surface area (Å²) in [4.78, 5) is 14.2. The molecule has 3 atom stereocenters. The van der Waals surface area contributed by atoms with Gasteiger partial charge in [-0.2, -0.15) is 0 Å². The van der Waals surface area contributed by atoms with Crippen LogP contribution in [-0.4, -0.2) is 46.2 Å². The van der Waals surface area contributed by atoms with E-state index in [1.165, 1.54) is 0 Å². The van der Waals surface area contributed by atoms with Crippen molar-refractivity contribution in [2.45, 2.75) is 25.0 Å². The molecule has 5 heteroatoms. The zero-order valence-electron chi connectivity index (χ0n) is 10.8. The van der Waals surface area contributed by atoms with Crippen LogP contribution in [0.2, 0.25) is 0 Å². The van der Waals surface area contributed by atoms with Crippen molar-refractivity contribution in [1.29, 1.82) is 0 Å². The van der Waals surface area contributed by atoms with E-state index in [4.69, 9.17) is 11.6 Å². The molecule has 19 heavy (non-hydrogen) atoms. The highest BCUT2D eigenvalue weighted by molar-refractivity contribution is 6.18. The smallest absolute Gasteiger partial charge is 0.250 e. The molecule has 3 heterocycles. The summed E-state index contributed by atoms with van der Waals surface area (Å²) in [6.45, 7) is 3.30. The highest BCUT2D eigenvalue weighted by Gasteiger charge is 2.34. The zero-order valence-corrected chi connectivity index (χ0v) is 11.6. The molecule has 2 aliphatic rings. The van der Waals surface area contributed by atoms with Gasteiger partial charge in [0.1, 0.15) is 0 Å². The molecular weight excluding hydrogens is 264 g/mol. The number of halogens is 1. The third-order valence-electron chi connectivity index (χ3n) is 4.20. The molecule has 1 aromatic rings. The number of hydrogen-bond acceptors (Lipinski definition) is 3. The van der Waals surface area contributed by atoms with Crippen LogP contribution >= 0.6 is 11.6 Å². The van der Waals surface area contributed by atoms with E-state index in [0.717, 1.165) is 31.7 Å². The fraction of sp³-hybridized carbons (Fsp3) is 0.643. The molecule has 1 aromatic heterocycles. The first kappa shape index (κ1) is 13.2. The fourth-order valence-corrected chi connectivity index (χ4v) is 3.59. The Kier molecular flexibility index (Phi) is 3.65. The summed E-state index contributed by atoms with van der Waals surface area (Å²) in [6, 6.07) is 5.55. The number of aliphatic hydroxyl groups excluding tert-OH is 1. The van der Waals surface area contributed by atoms with Crippen LogP contribution in [0.5, 0.6) is 0 Å². The molecule has 1 fully saturated rings. The van der Waals surface area contributed by atoms with Crippen LogP contribution < -0.4 is 5.56 Å². The lowest BCUT2D eigenvalue weighted by molar-refractivity contribution is 0.0712. The SMILES string of the molecule is O=c1cccc2n1C[C@@H]1C[C@H]2CN(C[C@@H](O)CCl)C1. The second-order valence-corrected chi connectivity index (χ2v) is 6.03. The van der Waals surface area contributed by atoms with Gasteiger partial charge in [0.15, 0.2) is 0 Å². The van der Waals surface area contributed by atoms with Gasteiger partial charge in [-0.25, -0.2) is 0 Å². The van der Waals surface area contributed by atoms with E-state index in [-0.39, 0.29) is 11.4 Å². The van der Waals surface area contributed by atoms with Gasteiger partial charge in [0.2, 0.25) is 0 Å². The number of aromatic nitrogens is 1. The number of piperidine rings is 1. The number of aliphatic hydroxyl groups is 1. The Labute approximate surface area is 117 Å². The lowest BCUT2D eigenvalue weighted by Crippen LogP contribution is -2.49. The lowest BCUT2D eigenvalue weighted by Gasteiger charge is -2.43. The van der Waals surface area contributed by atoms with Crippen molar-refractivity contribution in [2.75, 3.05) is 25.5 Å². The molecule has 2 aliphatic heterocycles. The Bertz CT molecular complexity index is 516. The monoisotopic (exact) mass is 282 g/mol. The molecular formula is C14H19ClN2O2. The third-order valence-corrected chi connectivity index (χ3v) is 4.56. The summed E-state index contributed by atoms with van der Waals surface area (Å²) < 4.78 is 1.92. The van der Waals surface area contributed by atoms with E-state index in [0.29, 0.717) is 18.4 Å². The molecule has 0 radical (unpaired) electrons. The van der Waals surface area contributed by atoms with Crippen LogP contribution in [-0.2, 0) is 6.54 Å². The van der Waals surface area contributed by atoms with Gasteiger partial charge in [0.25, 0.3) is 5.56 Å².